The Morgan fingerprint density at radius 2 is 2.08 bits per heavy atom. The highest BCUT2D eigenvalue weighted by molar-refractivity contribution is 5.85. The molecule has 25 heavy (non-hydrogen) atoms. The molecule has 1 aliphatic carbocycles. The highest BCUT2D eigenvalue weighted by Crippen LogP contribution is 2.31. The van der Waals surface area contributed by atoms with Crippen LogP contribution in [0.4, 0.5) is 0 Å². The predicted octanol–water partition coefficient (Wildman–Crippen LogP) is 1.61. The normalized spacial score (nSPS) is 19.0. The average molecular weight is 370 g/mol. The van der Waals surface area contributed by atoms with Crippen LogP contribution in [-0.4, -0.2) is 31.5 Å². The molecule has 0 saturated heterocycles. The molecule has 0 unspecified atom stereocenters. The molecule has 6 nitrogen and oxygen atoms in total. The Morgan fingerprint density at radius 1 is 1.28 bits per heavy atom. The van der Waals surface area contributed by atoms with E-state index in [0.29, 0.717) is 31.3 Å². The Morgan fingerprint density at radius 3 is 2.80 bits per heavy atom. The smallest absolute Gasteiger partial charge is 0.257 e. The summed E-state index contributed by atoms with van der Waals surface area (Å²) in [5.41, 5.74) is 6.68. The highest BCUT2D eigenvalue weighted by atomic mass is 35.5. The van der Waals surface area contributed by atoms with Gasteiger partial charge in [0, 0.05) is 19.0 Å². The van der Waals surface area contributed by atoms with Crippen molar-refractivity contribution < 1.29 is 14.3 Å². The van der Waals surface area contributed by atoms with E-state index in [2.05, 4.69) is 10.6 Å². The Balaban J connectivity index is 0.00000312. The molecule has 7 heteroatoms. The summed E-state index contributed by atoms with van der Waals surface area (Å²) < 4.78 is 5.46. The van der Waals surface area contributed by atoms with Crippen LogP contribution < -0.4 is 21.1 Å². The van der Waals surface area contributed by atoms with Crippen LogP contribution in [0.3, 0.4) is 0 Å². The summed E-state index contributed by atoms with van der Waals surface area (Å²) in [6, 6.07) is 7.42. The average Bonchev–Trinajstić information content (AvgIpc) is 3.07. The van der Waals surface area contributed by atoms with Gasteiger partial charge < -0.3 is 21.1 Å². The molecule has 1 aromatic rings. The highest BCUT2D eigenvalue weighted by Gasteiger charge is 2.31. The van der Waals surface area contributed by atoms with Crippen LogP contribution in [-0.2, 0) is 16.1 Å². The quantitative estimate of drug-likeness (QED) is 0.649. The molecule has 1 aromatic carbocycles. The largest absolute Gasteiger partial charge is 0.484 e. The Kier molecular flexibility index (Phi) is 9.31. The lowest BCUT2D eigenvalue weighted by atomic mass is 9.95. The number of hydrogen-bond donors (Lipinski definition) is 3. The molecule has 0 radical (unpaired) electrons. The number of ether oxygens (including phenoxy) is 1. The zero-order valence-corrected chi connectivity index (χ0v) is 15.4. The van der Waals surface area contributed by atoms with Crippen molar-refractivity contribution in [1.29, 1.82) is 0 Å². The fourth-order valence-electron chi connectivity index (χ4n) is 3.13. The van der Waals surface area contributed by atoms with Crippen molar-refractivity contribution in [1.82, 2.24) is 10.6 Å². The van der Waals surface area contributed by atoms with E-state index in [1.165, 1.54) is 0 Å². The first kappa shape index (κ1) is 21.3. The van der Waals surface area contributed by atoms with Crippen molar-refractivity contribution in [3.05, 3.63) is 29.8 Å². The number of benzene rings is 1. The second-order valence-corrected chi connectivity index (χ2v) is 6.14. The van der Waals surface area contributed by atoms with Crippen LogP contribution in [0.25, 0.3) is 0 Å². The number of nitrogens with one attached hydrogen (secondary N) is 2. The lowest BCUT2D eigenvalue weighted by Crippen LogP contribution is -2.34. The summed E-state index contributed by atoms with van der Waals surface area (Å²) in [5, 5.41) is 5.67. The second kappa shape index (κ2) is 10.9. The van der Waals surface area contributed by atoms with Crippen molar-refractivity contribution in [3.63, 3.8) is 0 Å². The molecule has 2 atom stereocenters. The maximum absolute atomic E-state index is 12.3. The van der Waals surface area contributed by atoms with Gasteiger partial charge in [-0.2, -0.15) is 0 Å². The van der Waals surface area contributed by atoms with E-state index < -0.39 is 0 Å². The van der Waals surface area contributed by atoms with Gasteiger partial charge in [0.2, 0.25) is 5.91 Å². The van der Waals surface area contributed by atoms with E-state index in [4.69, 9.17) is 10.5 Å². The molecule has 140 valence electrons. The minimum absolute atomic E-state index is 0. The number of carbonyl (C=O) groups excluding carboxylic acids is 2. The Hall–Kier alpha value is -1.79. The van der Waals surface area contributed by atoms with E-state index in [1.54, 1.807) is 6.07 Å². The van der Waals surface area contributed by atoms with E-state index in [9.17, 15) is 9.59 Å². The van der Waals surface area contributed by atoms with Crippen molar-refractivity contribution in [3.8, 4) is 5.75 Å². The van der Waals surface area contributed by atoms with Crippen molar-refractivity contribution in [2.75, 3.05) is 19.7 Å². The summed E-state index contributed by atoms with van der Waals surface area (Å²) in [6.07, 6.45) is 3.03. The lowest BCUT2D eigenvalue weighted by Gasteiger charge is -2.17. The minimum atomic E-state index is -0.148. The first-order valence-electron chi connectivity index (χ1n) is 8.60. The van der Waals surface area contributed by atoms with E-state index in [-0.39, 0.29) is 36.7 Å². The third-order valence-corrected chi connectivity index (χ3v) is 4.41. The van der Waals surface area contributed by atoms with Gasteiger partial charge in [-0.3, -0.25) is 9.59 Å². The molecule has 1 fully saturated rings. The lowest BCUT2D eigenvalue weighted by molar-refractivity contribution is -0.126. The van der Waals surface area contributed by atoms with Gasteiger partial charge in [-0.1, -0.05) is 18.6 Å². The maximum atomic E-state index is 12.3. The fourth-order valence-corrected chi connectivity index (χ4v) is 3.13. The van der Waals surface area contributed by atoms with Crippen LogP contribution in [0, 0.1) is 11.8 Å². The van der Waals surface area contributed by atoms with Gasteiger partial charge in [0.15, 0.2) is 6.61 Å². The van der Waals surface area contributed by atoms with Crippen LogP contribution in [0.1, 0.15) is 31.7 Å². The van der Waals surface area contributed by atoms with Crippen LogP contribution >= 0.6 is 12.4 Å². The van der Waals surface area contributed by atoms with Crippen LogP contribution in [0.2, 0.25) is 0 Å². The van der Waals surface area contributed by atoms with Gasteiger partial charge in [-0.15, -0.1) is 12.4 Å². The summed E-state index contributed by atoms with van der Waals surface area (Å²) in [5.74, 6) is 0.888. The molecule has 0 aromatic heterocycles. The molecule has 0 bridgehead atoms. The van der Waals surface area contributed by atoms with Crippen LogP contribution in [0.15, 0.2) is 24.3 Å². The number of nitrogens with two attached hydrogens (primary N) is 1. The third kappa shape index (κ3) is 6.55. The van der Waals surface area contributed by atoms with Crippen molar-refractivity contribution >= 4 is 24.2 Å². The Labute approximate surface area is 155 Å². The van der Waals surface area contributed by atoms with Gasteiger partial charge in [-0.05, 0) is 49.9 Å². The topological polar surface area (TPSA) is 93.5 Å². The number of halogens is 1. The fraction of sp³-hybridized carbons (Fsp3) is 0.556. The van der Waals surface area contributed by atoms with Crippen LogP contribution in [0.5, 0.6) is 5.75 Å². The monoisotopic (exact) mass is 369 g/mol. The first-order chi connectivity index (χ1) is 11.6. The number of amides is 2. The molecule has 0 spiro atoms. The standard InChI is InChI=1S/C18H27N3O3.ClH/c1-2-20-17(22)12-24-15-7-3-5-13(9-15)11-21-18(23)16-8-4-6-14(16)10-19;/h3,5,7,9,14,16H,2,4,6,8,10-12,19H2,1H3,(H,20,22)(H,21,23);1H/t14-,16-;/m1./s1. The van der Waals surface area contributed by atoms with Gasteiger partial charge in [0.1, 0.15) is 5.75 Å². The number of likely N-dealkylation sites (N-methyl/N-ethyl adjacent to an activating group) is 1. The number of carbonyl (C=O) groups is 2. The molecule has 1 saturated carbocycles. The van der Waals surface area contributed by atoms with Gasteiger partial charge in [-0.25, -0.2) is 0 Å². The van der Waals surface area contributed by atoms with Crippen molar-refractivity contribution in [2.24, 2.45) is 17.6 Å². The molecule has 1 aliphatic rings. The third-order valence-electron chi connectivity index (χ3n) is 4.41. The first-order valence-corrected chi connectivity index (χ1v) is 8.60. The van der Waals surface area contributed by atoms with E-state index in [1.807, 2.05) is 25.1 Å². The summed E-state index contributed by atoms with van der Waals surface area (Å²) in [4.78, 5) is 23.7. The van der Waals surface area contributed by atoms with E-state index in [0.717, 1.165) is 24.8 Å². The maximum Gasteiger partial charge on any atom is 0.257 e. The predicted molar refractivity (Wildman–Crippen MR) is 99.6 cm³/mol. The molecular weight excluding hydrogens is 342 g/mol. The number of hydrogen-bond acceptors (Lipinski definition) is 4. The van der Waals surface area contributed by atoms with Crippen molar-refractivity contribution in [2.45, 2.75) is 32.7 Å². The molecule has 2 rings (SSSR count). The molecular formula is C18H28ClN3O3. The summed E-state index contributed by atoms with van der Waals surface area (Å²) in [6.45, 7) is 3.45. The van der Waals surface area contributed by atoms with E-state index >= 15 is 0 Å². The molecule has 0 heterocycles. The summed E-state index contributed by atoms with van der Waals surface area (Å²) in [7, 11) is 0. The molecule has 0 aliphatic heterocycles. The zero-order chi connectivity index (χ0) is 17.4. The number of rotatable bonds is 8. The summed E-state index contributed by atoms with van der Waals surface area (Å²) >= 11 is 0. The molecule has 4 N–H and O–H groups in total. The second-order valence-electron chi connectivity index (χ2n) is 6.14. The van der Waals surface area contributed by atoms with Gasteiger partial charge in [0.25, 0.3) is 5.91 Å². The van der Waals surface area contributed by atoms with Gasteiger partial charge >= 0.3 is 0 Å². The van der Waals surface area contributed by atoms with Gasteiger partial charge in [0.05, 0.1) is 0 Å². The SMILES string of the molecule is CCNC(=O)COc1cccc(CNC(=O)[C@@H]2CCC[C@@H]2CN)c1.Cl. The molecule has 2 amide bonds. The Bertz CT molecular complexity index is 568. The minimum Gasteiger partial charge on any atom is -0.484 e. The zero-order valence-electron chi connectivity index (χ0n) is 14.6.